The van der Waals surface area contributed by atoms with E-state index >= 15 is 0 Å². The Bertz CT molecular complexity index is 603. The van der Waals surface area contributed by atoms with Crippen LogP contribution in [-0.2, 0) is 10.0 Å². The third-order valence-corrected chi connectivity index (χ3v) is 4.70. The van der Waals surface area contributed by atoms with E-state index in [0.717, 1.165) is 13.0 Å². The predicted octanol–water partition coefficient (Wildman–Crippen LogP) is 1.49. The number of sulfonamides is 1. The Kier molecular flexibility index (Phi) is 5.69. The summed E-state index contributed by atoms with van der Waals surface area (Å²) in [7, 11) is 0.302. The van der Waals surface area contributed by atoms with E-state index in [1.54, 1.807) is 19.1 Å². The van der Waals surface area contributed by atoms with Crippen molar-refractivity contribution in [3.8, 4) is 6.07 Å². The maximum atomic E-state index is 12.3. The van der Waals surface area contributed by atoms with E-state index in [0.29, 0.717) is 11.1 Å². The molecule has 0 aliphatic carbocycles. The van der Waals surface area contributed by atoms with Crippen molar-refractivity contribution in [2.45, 2.75) is 31.2 Å². The molecule has 1 N–H and O–H groups in total. The number of nitriles is 1. The fourth-order valence-corrected chi connectivity index (χ4v) is 3.35. The topological polar surface area (TPSA) is 73.2 Å². The molecule has 0 heterocycles. The predicted molar refractivity (Wildman–Crippen MR) is 78.8 cm³/mol. The Hall–Kier alpha value is -1.42. The summed E-state index contributed by atoms with van der Waals surface area (Å²) in [5, 5.41) is 8.88. The highest BCUT2D eigenvalue weighted by atomic mass is 32.2. The van der Waals surface area contributed by atoms with Gasteiger partial charge in [-0.2, -0.15) is 5.26 Å². The zero-order valence-electron chi connectivity index (χ0n) is 12.3. The standard InChI is InChI=1S/C14H21N3O2S/c1-11-5-6-13(10-15)9-14(11)20(18,19)16-12(2)7-8-17(3)4/h5-6,9,12,16H,7-8H2,1-4H3. The average Bonchev–Trinajstić information content (AvgIpc) is 2.36. The van der Waals surface area contributed by atoms with Gasteiger partial charge in [-0.05, 0) is 58.6 Å². The molecule has 1 atom stereocenters. The number of rotatable bonds is 6. The molecule has 110 valence electrons. The van der Waals surface area contributed by atoms with Gasteiger partial charge < -0.3 is 4.90 Å². The van der Waals surface area contributed by atoms with Crippen LogP contribution in [0.15, 0.2) is 23.1 Å². The molecule has 20 heavy (non-hydrogen) atoms. The minimum atomic E-state index is -3.59. The second-order valence-corrected chi connectivity index (χ2v) is 6.89. The minimum Gasteiger partial charge on any atom is -0.309 e. The number of nitrogens with one attached hydrogen (secondary N) is 1. The smallest absolute Gasteiger partial charge is 0.241 e. The highest BCUT2D eigenvalue weighted by molar-refractivity contribution is 7.89. The normalized spacial score (nSPS) is 13.2. The van der Waals surface area contributed by atoms with Crippen molar-refractivity contribution in [1.82, 2.24) is 9.62 Å². The van der Waals surface area contributed by atoms with Gasteiger partial charge in [-0.1, -0.05) is 6.07 Å². The molecule has 0 aliphatic rings. The molecule has 0 fully saturated rings. The van der Waals surface area contributed by atoms with Gasteiger partial charge in [-0.15, -0.1) is 0 Å². The number of benzene rings is 1. The fourth-order valence-electron chi connectivity index (χ4n) is 1.80. The Labute approximate surface area is 121 Å². The van der Waals surface area contributed by atoms with Gasteiger partial charge in [0.1, 0.15) is 0 Å². The second kappa shape index (κ2) is 6.84. The van der Waals surface area contributed by atoms with Crippen LogP contribution in [0.3, 0.4) is 0 Å². The van der Waals surface area contributed by atoms with E-state index in [2.05, 4.69) is 4.72 Å². The third-order valence-electron chi connectivity index (χ3n) is 2.97. The van der Waals surface area contributed by atoms with Crippen LogP contribution in [0.25, 0.3) is 0 Å². The van der Waals surface area contributed by atoms with Gasteiger partial charge in [-0.25, -0.2) is 13.1 Å². The summed E-state index contributed by atoms with van der Waals surface area (Å²) in [4.78, 5) is 2.18. The first-order valence-electron chi connectivity index (χ1n) is 6.44. The van der Waals surface area contributed by atoms with Crippen molar-refractivity contribution >= 4 is 10.0 Å². The van der Waals surface area contributed by atoms with Crippen molar-refractivity contribution < 1.29 is 8.42 Å². The molecule has 6 heteroatoms. The molecular weight excluding hydrogens is 274 g/mol. The Balaban J connectivity index is 2.92. The summed E-state index contributed by atoms with van der Waals surface area (Å²) < 4.78 is 27.3. The first-order valence-corrected chi connectivity index (χ1v) is 7.92. The van der Waals surface area contributed by atoms with E-state index in [1.165, 1.54) is 6.07 Å². The highest BCUT2D eigenvalue weighted by Gasteiger charge is 2.20. The van der Waals surface area contributed by atoms with Gasteiger partial charge in [-0.3, -0.25) is 0 Å². The average molecular weight is 295 g/mol. The molecule has 0 bridgehead atoms. The van der Waals surface area contributed by atoms with E-state index in [4.69, 9.17) is 5.26 Å². The monoisotopic (exact) mass is 295 g/mol. The van der Waals surface area contributed by atoms with E-state index < -0.39 is 10.0 Å². The molecule has 0 aromatic heterocycles. The van der Waals surface area contributed by atoms with Gasteiger partial charge in [0.2, 0.25) is 10.0 Å². The molecule has 0 saturated carbocycles. The first-order chi connectivity index (χ1) is 9.26. The van der Waals surface area contributed by atoms with Crippen LogP contribution >= 0.6 is 0 Å². The molecule has 0 radical (unpaired) electrons. The molecule has 0 saturated heterocycles. The fraction of sp³-hybridized carbons (Fsp3) is 0.500. The largest absolute Gasteiger partial charge is 0.309 e. The van der Waals surface area contributed by atoms with Gasteiger partial charge >= 0.3 is 0 Å². The second-order valence-electron chi connectivity index (χ2n) is 5.21. The summed E-state index contributed by atoms with van der Waals surface area (Å²) in [5.74, 6) is 0. The van der Waals surface area contributed by atoms with Crippen molar-refractivity contribution in [3.05, 3.63) is 29.3 Å². The molecular formula is C14H21N3O2S. The lowest BCUT2D eigenvalue weighted by molar-refractivity contribution is 0.379. The molecule has 1 rings (SSSR count). The van der Waals surface area contributed by atoms with Gasteiger partial charge in [0, 0.05) is 6.04 Å². The van der Waals surface area contributed by atoms with Crippen molar-refractivity contribution in [3.63, 3.8) is 0 Å². The van der Waals surface area contributed by atoms with Crippen LogP contribution in [0.1, 0.15) is 24.5 Å². The lowest BCUT2D eigenvalue weighted by Crippen LogP contribution is -2.35. The summed E-state index contributed by atoms with van der Waals surface area (Å²) in [6.45, 7) is 4.37. The van der Waals surface area contributed by atoms with Crippen LogP contribution in [-0.4, -0.2) is 40.0 Å². The van der Waals surface area contributed by atoms with E-state index in [-0.39, 0.29) is 10.9 Å². The first kappa shape index (κ1) is 16.6. The maximum absolute atomic E-state index is 12.3. The maximum Gasteiger partial charge on any atom is 0.241 e. The minimum absolute atomic E-state index is 0.160. The Morgan fingerprint density at radius 2 is 2.05 bits per heavy atom. The number of hydrogen-bond acceptors (Lipinski definition) is 4. The van der Waals surface area contributed by atoms with Gasteiger partial charge in [0.05, 0.1) is 16.5 Å². The van der Waals surface area contributed by atoms with Crippen LogP contribution in [0.2, 0.25) is 0 Å². The molecule has 1 unspecified atom stereocenters. The molecule has 1 aromatic rings. The Morgan fingerprint density at radius 3 is 2.60 bits per heavy atom. The molecule has 0 aliphatic heterocycles. The molecule has 1 aromatic carbocycles. The lowest BCUT2D eigenvalue weighted by atomic mass is 10.2. The Morgan fingerprint density at radius 1 is 1.40 bits per heavy atom. The number of aryl methyl sites for hydroxylation is 1. The SMILES string of the molecule is Cc1ccc(C#N)cc1S(=O)(=O)NC(C)CCN(C)C. The van der Waals surface area contributed by atoms with Crippen molar-refractivity contribution in [2.75, 3.05) is 20.6 Å². The lowest BCUT2D eigenvalue weighted by Gasteiger charge is -2.17. The summed E-state index contributed by atoms with van der Waals surface area (Å²) in [6, 6.07) is 6.48. The molecule has 0 amide bonds. The van der Waals surface area contributed by atoms with Crippen LogP contribution in [0.4, 0.5) is 0 Å². The zero-order valence-corrected chi connectivity index (χ0v) is 13.2. The van der Waals surface area contributed by atoms with Gasteiger partial charge in [0.15, 0.2) is 0 Å². The van der Waals surface area contributed by atoms with Crippen LogP contribution in [0, 0.1) is 18.3 Å². The zero-order chi connectivity index (χ0) is 15.3. The van der Waals surface area contributed by atoms with E-state index in [1.807, 2.05) is 32.0 Å². The summed E-state index contributed by atoms with van der Waals surface area (Å²) >= 11 is 0. The number of nitrogens with zero attached hydrogens (tertiary/aromatic N) is 2. The number of hydrogen-bond donors (Lipinski definition) is 1. The quantitative estimate of drug-likeness (QED) is 0.863. The van der Waals surface area contributed by atoms with Crippen LogP contribution in [0.5, 0.6) is 0 Å². The van der Waals surface area contributed by atoms with Crippen molar-refractivity contribution in [1.29, 1.82) is 5.26 Å². The van der Waals surface area contributed by atoms with Crippen molar-refractivity contribution in [2.24, 2.45) is 0 Å². The van der Waals surface area contributed by atoms with E-state index in [9.17, 15) is 8.42 Å². The molecule has 0 spiro atoms. The van der Waals surface area contributed by atoms with Gasteiger partial charge in [0.25, 0.3) is 0 Å². The van der Waals surface area contributed by atoms with Crippen LogP contribution < -0.4 is 4.72 Å². The molecule has 5 nitrogen and oxygen atoms in total. The third kappa shape index (κ3) is 4.60. The highest BCUT2D eigenvalue weighted by Crippen LogP contribution is 2.17. The summed E-state index contributed by atoms with van der Waals surface area (Å²) in [5.41, 5.74) is 0.980. The summed E-state index contributed by atoms with van der Waals surface area (Å²) in [6.07, 6.45) is 0.725.